The van der Waals surface area contributed by atoms with Crippen molar-refractivity contribution in [2.45, 2.75) is 38.6 Å². The first-order valence-electron chi connectivity index (χ1n) is 9.12. The van der Waals surface area contributed by atoms with Crippen molar-refractivity contribution in [3.05, 3.63) is 57.8 Å². The zero-order chi connectivity index (χ0) is 17.7. The summed E-state index contributed by atoms with van der Waals surface area (Å²) in [6.07, 6.45) is 1.74. The van der Waals surface area contributed by atoms with Crippen LogP contribution in [0.1, 0.15) is 36.0 Å². The number of nitrogens with one attached hydrogen (secondary N) is 1. The number of aromatic nitrogens is 4. The van der Waals surface area contributed by atoms with Gasteiger partial charge < -0.3 is 10.1 Å². The molecule has 3 aromatic rings. The second-order valence-electron chi connectivity index (χ2n) is 7.31. The van der Waals surface area contributed by atoms with E-state index in [1.807, 2.05) is 35.0 Å². The number of aliphatic hydroxyl groups is 1. The standard InChI is InChI=1S/C19H21N5O2/c25-18(12-5-6-12)16-9-13-10-23(7-8-24(13)22-16)11-17-19(26)21-15-4-2-1-3-14(15)20-17/h1-4,9,12,18,25H,5-8,10-11H2,(H,21,26)/t18-/m0/s1. The molecule has 7 heteroatoms. The van der Waals surface area contributed by atoms with E-state index >= 15 is 0 Å². The molecule has 0 radical (unpaired) electrons. The highest BCUT2D eigenvalue weighted by Crippen LogP contribution is 2.40. The zero-order valence-corrected chi connectivity index (χ0v) is 14.4. The first-order valence-corrected chi connectivity index (χ1v) is 9.12. The number of fused-ring (bicyclic) bond motifs is 2. The largest absolute Gasteiger partial charge is 0.386 e. The summed E-state index contributed by atoms with van der Waals surface area (Å²) in [6, 6.07) is 9.58. The molecule has 2 aliphatic rings. The number of nitrogens with zero attached hydrogens (tertiary/aromatic N) is 4. The minimum atomic E-state index is -0.438. The Balaban J connectivity index is 1.36. The molecule has 1 aliphatic carbocycles. The molecule has 1 aliphatic heterocycles. The number of hydrogen-bond acceptors (Lipinski definition) is 5. The van der Waals surface area contributed by atoms with Crippen LogP contribution >= 0.6 is 0 Å². The van der Waals surface area contributed by atoms with Crippen LogP contribution < -0.4 is 5.56 Å². The van der Waals surface area contributed by atoms with Gasteiger partial charge in [0.25, 0.3) is 5.56 Å². The lowest BCUT2D eigenvalue weighted by Gasteiger charge is -2.26. The summed E-state index contributed by atoms with van der Waals surface area (Å²) in [5.41, 5.74) is 3.84. The Hall–Kier alpha value is -2.51. The van der Waals surface area contributed by atoms with Crippen molar-refractivity contribution in [2.24, 2.45) is 5.92 Å². The number of hydrogen-bond donors (Lipinski definition) is 2. The first kappa shape index (κ1) is 15.7. The summed E-state index contributed by atoms with van der Waals surface area (Å²) in [7, 11) is 0. The second-order valence-corrected chi connectivity index (χ2v) is 7.31. The predicted octanol–water partition coefficient (Wildman–Crippen LogP) is 1.58. The lowest BCUT2D eigenvalue weighted by molar-refractivity contribution is 0.147. The van der Waals surface area contributed by atoms with Gasteiger partial charge in [-0.2, -0.15) is 5.10 Å². The predicted molar refractivity (Wildman–Crippen MR) is 96.4 cm³/mol. The van der Waals surface area contributed by atoms with Crippen molar-refractivity contribution < 1.29 is 5.11 Å². The molecule has 26 heavy (non-hydrogen) atoms. The Labute approximate surface area is 150 Å². The summed E-state index contributed by atoms with van der Waals surface area (Å²) < 4.78 is 1.98. The smallest absolute Gasteiger partial charge is 0.271 e. The maximum absolute atomic E-state index is 12.3. The Kier molecular flexibility index (Phi) is 3.65. The van der Waals surface area contributed by atoms with E-state index in [2.05, 4.69) is 20.0 Å². The Morgan fingerprint density at radius 3 is 2.96 bits per heavy atom. The third kappa shape index (κ3) is 2.83. The van der Waals surface area contributed by atoms with Crippen molar-refractivity contribution >= 4 is 11.0 Å². The molecule has 3 heterocycles. The topological polar surface area (TPSA) is 87.0 Å². The Morgan fingerprint density at radius 1 is 1.27 bits per heavy atom. The highest BCUT2D eigenvalue weighted by Gasteiger charge is 2.33. The lowest BCUT2D eigenvalue weighted by Crippen LogP contribution is -2.35. The molecular weight excluding hydrogens is 330 g/mol. The normalized spacial score (nSPS) is 18.8. The fourth-order valence-corrected chi connectivity index (χ4v) is 3.66. The van der Waals surface area contributed by atoms with Gasteiger partial charge >= 0.3 is 0 Å². The fraction of sp³-hybridized carbons (Fsp3) is 0.421. The summed E-state index contributed by atoms with van der Waals surface area (Å²) in [5.74, 6) is 0.378. The number of para-hydroxylation sites is 2. The minimum absolute atomic E-state index is 0.132. The molecule has 134 valence electrons. The molecule has 1 fully saturated rings. The van der Waals surface area contributed by atoms with Gasteiger partial charge in [0, 0.05) is 19.6 Å². The molecule has 0 unspecified atom stereocenters. The van der Waals surface area contributed by atoms with Crippen molar-refractivity contribution in [1.29, 1.82) is 0 Å². The molecule has 0 amide bonds. The molecule has 1 aromatic carbocycles. The molecule has 0 saturated heterocycles. The number of aliphatic hydroxyl groups excluding tert-OH is 1. The molecule has 2 aromatic heterocycles. The van der Waals surface area contributed by atoms with E-state index in [1.54, 1.807) is 0 Å². The van der Waals surface area contributed by atoms with Gasteiger partial charge in [0.2, 0.25) is 0 Å². The van der Waals surface area contributed by atoms with E-state index < -0.39 is 6.10 Å². The van der Waals surface area contributed by atoms with Crippen LogP contribution in [0.15, 0.2) is 35.1 Å². The summed E-state index contributed by atoms with van der Waals surface area (Å²) >= 11 is 0. The number of rotatable bonds is 4. The van der Waals surface area contributed by atoms with E-state index in [0.717, 1.165) is 48.4 Å². The average molecular weight is 351 g/mol. The van der Waals surface area contributed by atoms with Gasteiger partial charge in [-0.15, -0.1) is 0 Å². The molecular formula is C19H21N5O2. The monoisotopic (exact) mass is 351 g/mol. The van der Waals surface area contributed by atoms with E-state index in [-0.39, 0.29) is 5.56 Å². The van der Waals surface area contributed by atoms with Gasteiger partial charge in [-0.1, -0.05) is 12.1 Å². The van der Waals surface area contributed by atoms with Crippen LogP contribution in [0.2, 0.25) is 0 Å². The van der Waals surface area contributed by atoms with Crippen LogP contribution in [0.3, 0.4) is 0 Å². The Morgan fingerprint density at radius 2 is 2.12 bits per heavy atom. The van der Waals surface area contributed by atoms with E-state index in [4.69, 9.17) is 0 Å². The number of H-pyrrole nitrogens is 1. The van der Waals surface area contributed by atoms with E-state index in [9.17, 15) is 9.90 Å². The molecule has 2 N–H and O–H groups in total. The summed E-state index contributed by atoms with van der Waals surface area (Å²) in [4.78, 5) is 22.0. The highest BCUT2D eigenvalue weighted by atomic mass is 16.3. The van der Waals surface area contributed by atoms with Gasteiger partial charge in [0.1, 0.15) is 11.8 Å². The average Bonchev–Trinajstić information content (AvgIpc) is 3.41. The van der Waals surface area contributed by atoms with Crippen LogP contribution in [-0.4, -0.2) is 36.3 Å². The van der Waals surface area contributed by atoms with Crippen molar-refractivity contribution in [3.63, 3.8) is 0 Å². The van der Waals surface area contributed by atoms with Crippen LogP contribution in [0.5, 0.6) is 0 Å². The third-order valence-corrected chi connectivity index (χ3v) is 5.31. The van der Waals surface area contributed by atoms with Gasteiger partial charge in [-0.3, -0.25) is 14.4 Å². The summed E-state index contributed by atoms with van der Waals surface area (Å²) in [6.45, 7) is 2.78. The molecule has 1 saturated carbocycles. The fourth-order valence-electron chi connectivity index (χ4n) is 3.66. The van der Waals surface area contributed by atoms with Gasteiger partial charge in [0.15, 0.2) is 0 Å². The highest BCUT2D eigenvalue weighted by molar-refractivity contribution is 5.73. The van der Waals surface area contributed by atoms with Crippen LogP contribution in [-0.2, 0) is 19.6 Å². The maximum Gasteiger partial charge on any atom is 0.271 e. The van der Waals surface area contributed by atoms with Gasteiger partial charge in [-0.25, -0.2) is 4.98 Å². The Bertz CT molecular complexity index is 1020. The molecule has 5 rings (SSSR count). The second kappa shape index (κ2) is 6.03. The quantitative estimate of drug-likeness (QED) is 0.745. The maximum atomic E-state index is 12.3. The van der Waals surface area contributed by atoms with Crippen LogP contribution in [0.4, 0.5) is 0 Å². The molecule has 0 bridgehead atoms. The lowest BCUT2D eigenvalue weighted by atomic mass is 10.1. The van der Waals surface area contributed by atoms with Crippen LogP contribution in [0, 0.1) is 5.92 Å². The van der Waals surface area contributed by atoms with E-state index in [1.165, 1.54) is 0 Å². The van der Waals surface area contributed by atoms with Crippen molar-refractivity contribution in [2.75, 3.05) is 6.54 Å². The minimum Gasteiger partial charge on any atom is -0.386 e. The molecule has 1 atom stereocenters. The third-order valence-electron chi connectivity index (χ3n) is 5.31. The van der Waals surface area contributed by atoms with Crippen LogP contribution in [0.25, 0.3) is 11.0 Å². The van der Waals surface area contributed by atoms with Crippen molar-refractivity contribution in [1.82, 2.24) is 24.6 Å². The number of benzene rings is 1. The van der Waals surface area contributed by atoms with Crippen molar-refractivity contribution in [3.8, 4) is 0 Å². The van der Waals surface area contributed by atoms with Gasteiger partial charge in [-0.05, 0) is 37.0 Å². The zero-order valence-electron chi connectivity index (χ0n) is 14.4. The number of aromatic amines is 1. The van der Waals surface area contributed by atoms with E-state index in [0.29, 0.717) is 24.7 Å². The first-order chi connectivity index (χ1) is 12.7. The van der Waals surface area contributed by atoms with Gasteiger partial charge in [0.05, 0.1) is 29.0 Å². The summed E-state index contributed by atoms with van der Waals surface area (Å²) in [5, 5.41) is 14.9. The molecule has 7 nitrogen and oxygen atoms in total. The molecule has 0 spiro atoms. The SMILES string of the molecule is O=c1[nH]c2ccccc2nc1CN1CCn2nc([C@@H](O)C3CC3)cc2C1.